The molecule has 2 aliphatic carbocycles. The molecule has 8 heteroatoms. The first-order valence-corrected chi connectivity index (χ1v) is 11.8. The highest BCUT2D eigenvalue weighted by atomic mass is 35.5. The van der Waals surface area contributed by atoms with E-state index in [1.54, 1.807) is 19.4 Å². The summed E-state index contributed by atoms with van der Waals surface area (Å²) < 4.78 is 19.6. The van der Waals surface area contributed by atoms with Gasteiger partial charge >= 0.3 is 0 Å². The second kappa shape index (κ2) is 9.24. The normalized spacial score (nSPS) is 27.4. The minimum Gasteiger partial charge on any atom is -0.385 e. The molecule has 0 aromatic carbocycles. The summed E-state index contributed by atoms with van der Waals surface area (Å²) in [7, 11) is 1.74. The molecule has 0 saturated heterocycles. The van der Waals surface area contributed by atoms with Crippen LogP contribution in [0.2, 0.25) is 0 Å². The van der Waals surface area contributed by atoms with Crippen LogP contribution in [0.1, 0.15) is 56.6 Å². The highest BCUT2D eigenvalue weighted by Gasteiger charge is 2.38. The third-order valence-corrected chi connectivity index (χ3v) is 7.28. The second-order valence-electron chi connectivity index (χ2n) is 8.83. The number of pyridine rings is 1. The topological polar surface area (TPSA) is 53.0 Å². The van der Waals surface area contributed by atoms with Gasteiger partial charge in [0.05, 0.1) is 17.8 Å². The van der Waals surface area contributed by atoms with Gasteiger partial charge in [-0.3, -0.25) is 4.98 Å². The van der Waals surface area contributed by atoms with Crippen molar-refractivity contribution in [3.05, 3.63) is 64.2 Å². The fourth-order valence-corrected chi connectivity index (χ4v) is 5.55. The van der Waals surface area contributed by atoms with Crippen molar-refractivity contribution in [3.8, 4) is 0 Å². The number of hydrazone groups is 1. The first kappa shape index (κ1) is 21.5. The summed E-state index contributed by atoms with van der Waals surface area (Å²) in [4.78, 5) is 6.58. The standard InChI is InChI=1S/C24H29ClFN5O/c1-32-12-10-22-19-9-6-17(25)13-21(19)28-14-23-30(22)15-29-31(23)18-7-4-16(5-8-18)24-20(26)3-2-11-27-24/h2-3,11,13-16,18,22,28H,4-10,12H2,1H3. The maximum Gasteiger partial charge on any atom is 0.147 e. The van der Waals surface area contributed by atoms with Gasteiger partial charge in [-0.05, 0) is 68.7 Å². The van der Waals surface area contributed by atoms with E-state index in [2.05, 4.69) is 20.2 Å². The SMILES string of the molecule is COCCC1C2=C(C=C(Cl)CC2)NC=C2N1C=NN2C1CCC(c2ncccc2F)CC1. The van der Waals surface area contributed by atoms with E-state index in [9.17, 15) is 4.39 Å². The van der Waals surface area contributed by atoms with E-state index in [-0.39, 0.29) is 23.8 Å². The summed E-state index contributed by atoms with van der Waals surface area (Å²) in [5.74, 6) is 1.03. The number of hydrogen-bond donors (Lipinski definition) is 1. The van der Waals surface area contributed by atoms with E-state index < -0.39 is 0 Å². The predicted molar refractivity (Wildman–Crippen MR) is 123 cm³/mol. The largest absolute Gasteiger partial charge is 0.385 e. The van der Waals surface area contributed by atoms with Gasteiger partial charge in [0.1, 0.15) is 18.0 Å². The van der Waals surface area contributed by atoms with E-state index in [1.807, 2.05) is 18.6 Å². The Morgan fingerprint density at radius 3 is 2.88 bits per heavy atom. The van der Waals surface area contributed by atoms with E-state index in [0.29, 0.717) is 12.3 Å². The van der Waals surface area contributed by atoms with Crippen molar-refractivity contribution in [2.24, 2.45) is 5.10 Å². The number of nitrogens with zero attached hydrogens (tertiary/aromatic N) is 4. The number of aromatic nitrogens is 1. The lowest BCUT2D eigenvalue weighted by atomic mass is 9.83. The minimum atomic E-state index is -0.193. The molecule has 1 fully saturated rings. The van der Waals surface area contributed by atoms with E-state index >= 15 is 0 Å². The molecule has 1 unspecified atom stereocenters. The first-order valence-electron chi connectivity index (χ1n) is 11.4. The van der Waals surface area contributed by atoms with Gasteiger partial charge < -0.3 is 15.0 Å². The average molecular weight is 458 g/mol. The summed E-state index contributed by atoms with van der Waals surface area (Å²) >= 11 is 6.35. The molecule has 1 aromatic rings. The number of halogens is 2. The third kappa shape index (κ3) is 4.04. The predicted octanol–water partition coefficient (Wildman–Crippen LogP) is 4.79. The highest BCUT2D eigenvalue weighted by molar-refractivity contribution is 6.29. The molecule has 6 nitrogen and oxygen atoms in total. The van der Waals surface area contributed by atoms with Gasteiger partial charge in [0.25, 0.3) is 0 Å². The molecular formula is C24H29ClFN5O. The van der Waals surface area contributed by atoms with E-state index in [4.69, 9.17) is 21.4 Å². The molecule has 1 atom stereocenters. The minimum absolute atomic E-state index is 0.173. The van der Waals surface area contributed by atoms with Crippen LogP contribution in [0, 0.1) is 5.82 Å². The van der Waals surface area contributed by atoms with Crippen LogP contribution in [-0.2, 0) is 4.74 Å². The fraction of sp³-hybridized carbons (Fsp3) is 0.500. The lowest BCUT2D eigenvalue weighted by Crippen LogP contribution is -2.39. The van der Waals surface area contributed by atoms with Crippen molar-refractivity contribution >= 4 is 17.9 Å². The van der Waals surface area contributed by atoms with Gasteiger partial charge in [-0.2, -0.15) is 5.10 Å². The third-order valence-electron chi connectivity index (χ3n) is 6.99. The van der Waals surface area contributed by atoms with E-state index in [0.717, 1.165) is 61.5 Å². The Balaban J connectivity index is 1.33. The van der Waals surface area contributed by atoms with Crippen LogP contribution < -0.4 is 5.32 Å². The smallest absolute Gasteiger partial charge is 0.147 e. The molecule has 1 aromatic heterocycles. The van der Waals surface area contributed by atoms with Gasteiger partial charge in [0.15, 0.2) is 0 Å². The zero-order chi connectivity index (χ0) is 22.1. The van der Waals surface area contributed by atoms with Crippen molar-refractivity contribution in [2.45, 2.75) is 62.9 Å². The number of methoxy groups -OCH3 is 1. The molecule has 0 radical (unpaired) electrons. The Morgan fingerprint density at radius 2 is 2.09 bits per heavy atom. The van der Waals surface area contributed by atoms with Crippen LogP contribution in [0.4, 0.5) is 4.39 Å². The summed E-state index contributed by atoms with van der Waals surface area (Å²) in [6.07, 6.45) is 14.1. The summed E-state index contributed by atoms with van der Waals surface area (Å²) in [5.41, 5.74) is 3.04. The number of fused-ring (bicyclic) bond motifs is 1. The van der Waals surface area contributed by atoms with Crippen molar-refractivity contribution in [1.82, 2.24) is 20.2 Å². The number of ether oxygens (including phenoxy) is 1. The average Bonchev–Trinajstić information content (AvgIpc) is 3.16. The number of rotatable bonds is 5. The monoisotopic (exact) mass is 457 g/mol. The Hall–Kier alpha value is -2.38. The van der Waals surface area contributed by atoms with Crippen LogP contribution in [0.25, 0.3) is 0 Å². The van der Waals surface area contributed by atoms with Crippen LogP contribution >= 0.6 is 11.6 Å². The molecule has 0 amide bonds. The molecule has 1 N–H and O–H groups in total. The van der Waals surface area contributed by atoms with Gasteiger partial charge in [-0.1, -0.05) is 11.6 Å². The Morgan fingerprint density at radius 1 is 1.25 bits per heavy atom. The van der Waals surface area contributed by atoms with Gasteiger partial charge in [-0.25, -0.2) is 9.40 Å². The van der Waals surface area contributed by atoms with Gasteiger partial charge in [0, 0.05) is 42.8 Å². The van der Waals surface area contributed by atoms with Crippen molar-refractivity contribution < 1.29 is 9.13 Å². The molecule has 1 saturated carbocycles. The van der Waals surface area contributed by atoms with Crippen LogP contribution in [-0.4, -0.2) is 47.0 Å². The Kier molecular flexibility index (Phi) is 6.20. The second-order valence-corrected chi connectivity index (χ2v) is 9.32. The Labute approximate surface area is 193 Å². The molecule has 32 heavy (non-hydrogen) atoms. The molecule has 4 aliphatic rings. The molecule has 2 aliphatic heterocycles. The van der Waals surface area contributed by atoms with Crippen LogP contribution in [0.15, 0.2) is 57.8 Å². The molecule has 170 valence electrons. The quantitative estimate of drug-likeness (QED) is 0.689. The molecule has 3 heterocycles. The van der Waals surface area contributed by atoms with Crippen molar-refractivity contribution in [3.63, 3.8) is 0 Å². The highest BCUT2D eigenvalue weighted by Crippen LogP contribution is 2.40. The maximum atomic E-state index is 14.2. The lowest BCUT2D eigenvalue weighted by Gasteiger charge is -2.36. The zero-order valence-corrected chi connectivity index (χ0v) is 19.1. The van der Waals surface area contributed by atoms with Crippen LogP contribution in [0.3, 0.4) is 0 Å². The molecular weight excluding hydrogens is 429 g/mol. The number of allylic oxidation sites excluding steroid dienone is 2. The summed E-state index contributed by atoms with van der Waals surface area (Å²) in [6, 6.07) is 3.62. The molecule has 5 rings (SSSR count). The van der Waals surface area contributed by atoms with Gasteiger partial charge in [0.2, 0.25) is 0 Å². The zero-order valence-electron chi connectivity index (χ0n) is 18.3. The van der Waals surface area contributed by atoms with Crippen molar-refractivity contribution in [1.29, 1.82) is 0 Å². The summed E-state index contributed by atoms with van der Waals surface area (Å²) in [6.45, 7) is 0.678. The maximum absolute atomic E-state index is 14.2. The summed E-state index contributed by atoms with van der Waals surface area (Å²) in [5, 5.41) is 11.3. The van der Waals surface area contributed by atoms with Crippen molar-refractivity contribution in [2.75, 3.05) is 13.7 Å². The van der Waals surface area contributed by atoms with Gasteiger partial charge in [-0.15, -0.1) is 0 Å². The molecule has 0 spiro atoms. The van der Waals surface area contributed by atoms with E-state index in [1.165, 1.54) is 11.6 Å². The first-order chi connectivity index (χ1) is 15.7. The number of nitrogens with one attached hydrogen (secondary N) is 1. The fourth-order valence-electron chi connectivity index (χ4n) is 5.35. The van der Waals surface area contributed by atoms with Crippen LogP contribution in [0.5, 0.6) is 0 Å². The lowest BCUT2D eigenvalue weighted by molar-refractivity contribution is 0.154. The Bertz CT molecular complexity index is 982. The molecule has 0 bridgehead atoms. The number of hydrogen-bond acceptors (Lipinski definition) is 6.